The predicted octanol–water partition coefficient (Wildman–Crippen LogP) is 0.374. The van der Waals surface area contributed by atoms with Crippen molar-refractivity contribution < 1.29 is 27.4 Å². The van der Waals surface area contributed by atoms with E-state index in [1.54, 1.807) is 7.11 Å². The lowest BCUT2D eigenvalue weighted by Crippen LogP contribution is -2.66. The van der Waals surface area contributed by atoms with Gasteiger partial charge in [0.15, 0.2) is 6.10 Å². The number of carbonyl (C=O) groups is 1. The van der Waals surface area contributed by atoms with Gasteiger partial charge in [0.05, 0.1) is 6.10 Å². The van der Waals surface area contributed by atoms with Crippen LogP contribution in [-0.2, 0) is 14.3 Å². The lowest BCUT2D eigenvalue weighted by atomic mass is 9.82. The van der Waals surface area contributed by atoms with Crippen LogP contribution >= 0.6 is 0 Å². The molecule has 202 valence electrons. The maximum absolute atomic E-state index is 13.3. The van der Waals surface area contributed by atoms with E-state index in [-0.39, 0.29) is 24.5 Å². The molecule has 0 spiro atoms. The van der Waals surface area contributed by atoms with E-state index >= 15 is 0 Å². The van der Waals surface area contributed by atoms with Crippen molar-refractivity contribution in [3.8, 4) is 0 Å². The van der Waals surface area contributed by atoms with Crippen LogP contribution in [0.1, 0.15) is 46.0 Å². The Morgan fingerprint density at radius 3 is 2.63 bits per heavy atom. The van der Waals surface area contributed by atoms with Crippen LogP contribution in [0.25, 0.3) is 0 Å². The largest absolute Gasteiger partial charge is 0.416 e. The summed E-state index contributed by atoms with van der Waals surface area (Å²) in [5, 5.41) is 19.8. The SMILES string of the molecule is COC1CNCC(C2CCNC(NC3CC(NC(=O)C4NC(C)OC4C(F)(F)F)CCC3C)N2)C1. The van der Waals surface area contributed by atoms with Gasteiger partial charge >= 0.3 is 6.18 Å². The molecule has 4 aliphatic rings. The quantitative estimate of drug-likeness (QED) is 0.307. The zero-order valence-corrected chi connectivity index (χ0v) is 20.8. The molecule has 3 aliphatic heterocycles. The lowest BCUT2D eigenvalue weighted by Gasteiger charge is -2.43. The van der Waals surface area contributed by atoms with Gasteiger partial charge in [0.1, 0.15) is 18.6 Å². The Kier molecular flexibility index (Phi) is 8.94. The van der Waals surface area contributed by atoms with Gasteiger partial charge < -0.3 is 20.1 Å². The van der Waals surface area contributed by atoms with Gasteiger partial charge in [0.25, 0.3) is 0 Å². The Morgan fingerprint density at radius 1 is 1.09 bits per heavy atom. The van der Waals surface area contributed by atoms with Gasteiger partial charge in [0, 0.05) is 31.8 Å². The van der Waals surface area contributed by atoms with E-state index in [9.17, 15) is 18.0 Å². The third-order valence-corrected chi connectivity index (χ3v) is 8.03. The van der Waals surface area contributed by atoms with Crippen LogP contribution in [0.2, 0.25) is 0 Å². The first-order valence-electron chi connectivity index (χ1n) is 12.9. The number of ether oxygens (including phenoxy) is 2. The second kappa shape index (κ2) is 11.6. The molecule has 3 heterocycles. The normalized spacial score (nSPS) is 43.1. The number of carbonyl (C=O) groups excluding carboxylic acids is 1. The second-order valence-corrected chi connectivity index (χ2v) is 10.6. The van der Waals surface area contributed by atoms with E-state index in [4.69, 9.17) is 9.47 Å². The number of alkyl halides is 3. The first kappa shape index (κ1) is 27.0. The number of nitrogens with one attached hydrogen (secondary N) is 6. The molecule has 35 heavy (non-hydrogen) atoms. The van der Waals surface area contributed by atoms with Gasteiger partial charge in [-0.1, -0.05) is 6.92 Å². The van der Waals surface area contributed by atoms with Crippen LogP contribution in [0, 0.1) is 11.8 Å². The van der Waals surface area contributed by atoms with Crippen LogP contribution in [0.5, 0.6) is 0 Å². The average Bonchev–Trinajstić information content (AvgIpc) is 3.24. The molecule has 10 unspecified atom stereocenters. The van der Waals surface area contributed by atoms with Crippen LogP contribution in [0.3, 0.4) is 0 Å². The van der Waals surface area contributed by atoms with Crippen LogP contribution in [0.4, 0.5) is 13.2 Å². The minimum atomic E-state index is -4.60. The van der Waals surface area contributed by atoms with Crippen molar-refractivity contribution >= 4 is 5.91 Å². The van der Waals surface area contributed by atoms with Crippen molar-refractivity contribution in [3.63, 3.8) is 0 Å². The number of rotatable bonds is 6. The van der Waals surface area contributed by atoms with Crippen LogP contribution < -0.4 is 31.9 Å². The maximum atomic E-state index is 13.3. The summed E-state index contributed by atoms with van der Waals surface area (Å²) in [5.41, 5.74) is 0. The van der Waals surface area contributed by atoms with E-state index in [1.165, 1.54) is 6.92 Å². The molecule has 10 atom stereocenters. The number of hydrogen-bond donors (Lipinski definition) is 6. The number of piperidine rings is 1. The molecular weight excluding hydrogens is 465 g/mol. The molecule has 0 bridgehead atoms. The molecule has 1 amide bonds. The molecule has 6 N–H and O–H groups in total. The smallest absolute Gasteiger partial charge is 0.380 e. The highest BCUT2D eigenvalue weighted by Crippen LogP contribution is 2.31. The molecule has 0 aromatic carbocycles. The summed E-state index contributed by atoms with van der Waals surface area (Å²) in [4.78, 5) is 12.7. The number of hydrogen-bond acceptors (Lipinski definition) is 8. The van der Waals surface area contributed by atoms with Gasteiger partial charge in [-0.15, -0.1) is 0 Å². The fraction of sp³-hybridized carbons (Fsp3) is 0.957. The standard InChI is InChI=1S/C23H41F3N6O3/c1-12-4-5-15(30-21(33)19-20(23(24,25)26)35-13(2)29-19)9-18(12)32-22-28-7-6-17(31-22)14-8-16(34-3)11-27-10-14/h12-20,22,27-29,31-32H,4-11H2,1-3H3,(H,30,33). The van der Waals surface area contributed by atoms with E-state index < -0.39 is 30.5 Å². The van der Waals surface area contributed by atoms with Crippen molar-refractivity contribution in [2.24, 2.45) is 11.8 Å². The Hall–Kier alpha value is -1.02. The average molecular weight is 507 g/mol. The molecular formula is C23H41F3N6O3. The van der Waals surface area contributed by atoms with Gasteiger partial charge in [0.2, 0.25) is 5.91 Å². The first-order chi connectivity index (χ1) is 16.6. The number of halogens is 3. The zero-order chi connectivity index (χ0) is 25.2. The van der Waals surface area contributed by atoms with Gasteiger partial charge in [-0.05, 0) is 64.0 Å². The summed E-state index contributed by atoms with van der Waals surface area (Å²) >= 11 is 0. The summed E-state index contributed by atoms with van der Waals surface area (Å²) in [5.74, 6) is 0.222. The van der Waals surface area contributed by atoms with Gasteiger partial charge in [-0.3, -0.25) is 26.1 Å². The molecule has 1 aliphatic carbocycles. The minimum Gasteiger partial charge on any atom is -0.380 e. The molecule has 0 aromatic rings. The summed E-state index contributed by atoms with van der Waals surface area (Å²) in [6, 6.07) is -1.13. The van der Waals surface area contributed by atoms with Gasteiger partial charge in [-0.25, -0.2) is 0 Å². The maximum Gasteiger partial charge on any atom is 0.416 e. The van der Waals surface area contributed by atoms with Crippen molar-refractivity contribution in [1.82, 2.24) is 31.9 Å². The van der Waals surface area contributed by atoms with Gasteiger partial charge in [-0.2, -0.15) is 13.2 Å². The van der Waals surface area contributed by atoms with Crippen molar-refractivity contribution in [2.45, 2.75) is 101 Å². The molecule has 1 saturated carbocycles. The third kappa shape index (κ3) is 6.85. The molecule has 3 saturated heterocycles. The molecule has 0 aromatic heterocycles. The van der Waals surface area contributed by atoms with Crippen LogP contribution in [0.15, 0.2) is 0 Å². The van der Waals surface area contributed by atoms with Crippen molar-refractivity contribution in [3.05, 3.63) is 0 Å². The Balaban J connectivity index is 1.30. The predicted molar refractivity (Wildman–Crippen MR) is 124 cm³/mol. The summed E-state index contributed by atoms with van der Waals surface area (Å²) in [6.07, 6.45) is -3.03. The topological polar surface area (TPSA) is 108 Å². The molecule has 12 heteroatoms. The number of amides is 1. The Labute approximate surface area is 205 Å². The Morgan fingerprint density at radius 2 is 1.89 bits per heavy atom. The first-order valence-corrected chi connectivity index (χ1v) is 12.9. The number of methoxy groups -OCH3 is 1. The van der Waals surface area contributed by atoms with E-state index in [1.807, 2.05) is 0 Å². The fourth-order valence-electron chi connectivity index (χ4n) is 5.99. The summed E-state index contributed by atoms with van der Waals surface area (Å²) in [7, 11) is 1.76. The van der Waals surface area contributed by atoms with E-state index in [2.05, 4.69) is 38.8 Å². The zero-order valence-electron chi connectivity index (χ0n) is 20.8. The molecule has 9 nitrogen and oxygen atoms in total. The lowest BCUT2D eigenvalue weighted by molar-refractivity contribution is -0.216. The fourth-order valence-corrected chi connectivity index (χ4v) is 5.99. The minimum absolute atomic E-state index is 0.0565. The highest BCUT2D eigenvalue weighted by atomic mass is 19.4. The van der Waals surface area contributed by atoms with Crippen molar-refractivity contribution in [1.29, 1.82) is 0 Å². The summed E-state index contributed by atoms with van der Waals surface area (Å²) in [6.45, 7) is 6.41. The third-order valence-electron chi connectivity index (χ3n) is 8.03. The van der Waals surface area contributed by atoms with Crippen LogP contribution in [-0.4, -0.2) is 87.7 Å². The second-order valence-electron chi connectivity index (χ2n) is 10.6. The van der Waals surface area contributed by atoms with E-state index in [0.29, 0.717) is 24.3 Å². The van der Waals surface area contributed by atoms with Crippen molar-refractivity contribution in [2.75, 3.05) is 26.7 Å². The van der Waals surface area contributed by atoms with E-state index in [0.717, 1.165) is 45.3 Å². The molecule has 4 rings (SSSR count). The monoisotopic (exact) mass is 506 g/mol. The highest BCUT2D eigenvalue weighted by molar-refractivity contribution is 5.83. The highest BCUT2D eigenvalue weighted by Gasteiger charge is 2.53. The molecule has 4 fully saturated rings. The summed E-state index contributed by atoms with van der Waals surface area (Å²) < 4.78 is 50.5. The Bertz CT molecular complexity index is 716. The molecule has 0 radical (unpaired) electrons.